The van der Waals surface area contributed by atoms with Crippen LogP contribution >= 0.6 is 0 Å². The van der Waals surface area contributed by atoms with Crippen LogP contribution in [0.15, 0.2) is 30.6 Å². The number of nitrogens with zero attached hydrogens (tertiary/aromatic N) is 2. The van der Waals surface area contributed by atoms with Crippen LogP contribution in [0.2, 0.25) is 0 Å². The quantitative estimate of drug-likeness (QED) is 0.788. The van der Waals surface area contributed by atoms with E-state index in [1.54, 1.807) is 6.07 Å². The van der Waals surface area contributed by atoms with Gasteiger partial charge in [0.2, 0.25) is 11.9 Å². The third-order valence-electron chi connectivity index (χ3n) is 3.85. The maximum atomic E-state index is 12.2. The molecule has 3 rings (SSSR count). The number of nitrogens with one attached hydrogen (secondary N) is 1. The predicted molar refractivity (Wildman–Crippen MR) is 66.0 cm³/mol. The molecule has 1 saturated carbocycles. The number of aliphatic carboxylic acids is 1. The molecular weight excluding hydrogens is 246 g/mol. The smallest absolute Gasteiger partial charge is 0.307 e. The van der Waals surface area contributed by atoms with Gasteiger partial charge in [0, 0.05) is 12.4 Å². The van der Waals surface area contributed by atoms with Crippen molar-refractivity contribution in [1.29, 1.82) is 0 Å². The molecule has 4 atom stereocenters. The van der Waals surface area contributed by atoms with Crippen molar-refractivity contribution in [2.45, 2.75) is 6.42 Å². The standard InChI is InChI=1S/C13H13N3O3/c17-11(16-13-14-4-1-5-15-13)9-7-2-3-8(6-7)10(9)12(18)19/h1-5,7-10H,6H2,(H,18,19)(H,14,15,16,17)/t7-,8-,9+,10+/m0/s1. The van der Waals surface area contributed by atoms with Gasteiger partial charge in [-0.15, -0.1) is 0 Å². The van der Waals surface area contributed by atoms with E-state index < -0.39 is 17.8 Å². The van der Waals surface area contributed by atoms with Crippen LogP contribution in [0.1, 0.15) is 6.42 Å². The van der Waals surface area contributed by atoms with Gasteiger partial charge in [0.15, 0.2) is 0 Å². The molecule has 1 aromatic rings. The minimum absolute atomic E-state index is 0.00909. The third kappa shape index (κ3) is 1.99. The number of carbonyl (C=O) groups excluding carboxylic acids is 1. The molecule has 2 aliphatic rings. The molecule has 2 bridgehead atoms. The van der Waals surface area contributed by atoms with Crippen LogP contribution in [0.25, 0.3) is 0 Å². The summed E-state index contributed by atoms with van der Waals surface area (Å²) < 4.78 is 0. The zero-order chi connectivity index (χ0) is 13.4. The summed E-state index contributed by atoms with van der Waals surface area (Å²) in [4.78, 5) is 31.4. The van der Waals surface area contributed by atoms with Crippen molar-refractivity contribution in [2.24, 2.45) is 23.7 Å². The van der Waals surface area contributed by atoms with E-state index in [0.717, 1.165) is 6.42 Å². The van der Waals surface area contributed by atoms with Crippen molar-refractivity contribution in [3.8, 4) is 0 Å². The fourth-order valence-corrected chi connectivity index (χ4v) is 3.07. The van der Waals surface area contributed by atoms with Gasteiger partial charge >= 0.3 is 5.97 Å². The van der Waals surface area contributed by atoms with E-state index >= 15 is 0 Å². The maximum Gasteiger partial charge on any atom is 0.307 e. The molecular formula is C13H13N3O3. The molecule has 0 saturated heterocycles. The van der Waals surface area contributed by atoms with Crippen molar-refractivity contribution in [2.75, 3.05) is 5.32 Å². The molecule has 6 nitrogen and oxygen atoms in total. The number of rotatable bonds is 3. The van der Waals surface area contributed by atoms with Gasteiger partial charge in [-0.05, 0) is 24.3 Å². The van der Waals surface area contributed by atoms with E-state index in [4.69, 9.17) is 0 Å². The van der Waals surface area contributed by atoms with Crippen molar-refractivity contribution in [1.82, 2.24) is 9.97 Å². The molecule has 2 N–H and O–H groups in total. The third-order valence-corrected chi connectivity index (χ3v) is 3.85. The van der Waals surface area contributed by atoms with Crippen LogP contribution in [0.3, 0.4) is 0 Å². The Morgan fingerprint density at radius 1 is 1.16 bits per heavy atom. The highest BCUT2D eigenvalue weighted by atomic mass is 16.4. The lowest BCUT2D eigenvalue weighted by Gasteiger charge is -2.23. The molecule has 1 heterocycles. The molecule has 1 amide bonds. The van der Waals surface area contributed by atoms with Gasteiger partial charge in [-0.25, -0.2) is 9.97 Å². The molecule has 0 aromatic carbocycles. The summed E-state index contributed by atoms with van der Waals surface area (Å²) >= 11 is 0. The first-order chi connectivity index (χ1) is 9.16. The van der Waals surface area contributed by atoms with Gasteiger partial charge < -0.3 is 5.11 Å². The summed E-state index contributed by atoms with van der Waals surface area (Å²) in [5.41, 5.74) is 0. The van der Waals surface area contributed by atoms with E-state index in [9.17, 15) is 14.7 Å². The highest BCUT2D eigenvalue weighted by molar-refractivity contribution is 5.95. The fraction of sp³-hybridized carbons (Fsp3) is 0.385. The van der Waals surface area contributed by atoms with Crippen LogP contribution in [-0.2, 0) is 9.59 Å². The van der Waals surface area contributed by atoms with Crippen LogP contribution < -0.4 is 5.32 Å². The second-order valence-electron chi connectivity index (χ2n) is 4.90. The number of anilines is 1. The normalized spacial score (nSPS) is 31.4. The lowest BCUT2D eigenvalue weighted by Crippen LogP contribution is -2.36. The Morgan fingerprint density at radius 3 is 2.42 bits per heavy atom. The first-order valence-corrected chi connectivity index (χ1v) is 6.16. The molecule has 19 heavy (non-hydrogen) atoms. The number of carbonyl (C=O) groups is 2. The molecule has 2 aliphatic carbocycles. The van der Waals surface area contributed by atoms with Crippen molar-refractivity contribution >= 4 is 17.8 Å². The largest absolute Gasteiger partial charge is 0.481 e. The minimum Gasteiger partial charge on any atom is -0.481 e. The van der Waals surface area contributed by atoms with Crippen molar-refractivity contribution < 1.29 is 14.7 Å². The SMILES string of the molecule is O=C(O)[C@H]1[C@H](C(=O)Nc2ncccn2)[C@H]2C=C[C@H]1C2. The molecule has 0 aliphatic heterocycles. The summed E-state index contributed by atoms with van der Waals surface area (Å²) in [6, 6.07) is 1.65. The Labute approximate surface area is 109 Å². The van der Waals surface area contributed by atoms with Crippen LogP contribution in [0.4, 0.5) is 5.95 Å². The zero-order valence-electron chi connectivity index (χ0n) is 10.1. The zero-order valence-corrected chi connectivity index (χ0v) is 10.1. The van der Waals surface area contributed by atoms with Crippen LogP contribution in [0, 0.1) is 23.7 Å². The van der Waals surface area contributed by atoms with Gasteiger partial charge in [0.1, 0.15) is 0 Å². The number of aromatic nitrogens is 2. The molecule has 98 valence electrons. The highest BCUT2D eigenvalue weighted by Gasteiger charge is 2.51. The predicted octanol–water partition coefficient (Wildman–Crippen LogP) is 0.938. The number of carboxylic acids is 1. The average molecular weight is 259 g/mol. The Morgan fingerprint density at radius 2 is 1.79 bits per heavy atom. The number of hydrogen-bond acceptors (Lipinski definition) is 4. The Kier molecular flexibility index (Phi) is 2.77. The van der Waals surface area contributed by atoms with Crippen LogP contribution in [0.5, 0.6) is 0 Å². The van der Waals surface area contributed by atoms with Gasteiger partial charge in [-0.3, -0.25) is 14.9 Å². The first kappa shape index (κ1) is 11.8. The van der Waals surface area contributed by atoms with Gasteiger partial charge in [-0.2, -0.15) is 0 Å². The lowest BCUT2D eigenvalue weighted by molar-refractivity contribution is -0.146. The van der Waals surface area contributed by atoms with E-state index in [-0.39, 0.29) is 23.7 Å². The second-order valence-corrected chi connectivity index (χ2v) is 4.90. The summed E-state index contributed by atoms with van der Waals surface area (Å²) in [6.07, 6.45) is 7.65. The summed E-state index contributed by atoms with van der Waals surface area (Å²) in [7, 11) is 0. The van der Waals surface area contributed by atoms with Gasteiger partial charge in [0.05, 0.1) is 11.8 Å². The number of amides is 1. The van der Waals surface area contributed by atoms with E-state index in [1.807, 2.05) is 12.2 Å². The molecule has 1 aromatic heterocycles. The maximum absolute atomic E-state index is 12.2. The average Bonchev–Trinajstić information content (AvgIpc) is 2.99. The Hall–Kier alpha value is -2.24. The fourth-order valence-electron chi connectivity index (χ4n) is 3.07. The van der Waals surface area contributed by atoms with Gasteiger partial charge in [-0.1, -0.05) is 12.2 Å². The number of hydrogen-bond donors (Lipinski definition) is 2. The lowest BCUT2D eigenvalue weighted by atomic mass is 9.82. The van der Waals surface area contributed by atoms with E-state index in [0.29, 0.717) is 0 Å². The highest BCUT2D eigenvalue weighted by Crippen LogP contribution is 2.48. The summed E-state index contributed by atoms with van der Waals surface area (Å²) in [6.45, 7) is 0. The Balaban J connectivity index is 1.79. The second kappa shape index (κ2) is 4.46. The number of carboxylic acid groups (broad SMARTS) is 1. The van der Waals surface area contributed by atoms with E-state index in [2.05, 4.69) is 15.3 Å². The molecule has 0 unspecified atom stereocenters. The monoisotopic (exact) mass is 259 g/mol. The topological polar surface area (TPSA) is 92.2 Å². The number of fused-ring (bicyclic) bond motifs is 2. The molecule has 0 radical (unpaired) electrons. The Bertz CT molecular complexity index is 543. The van der Waals surface area contributed by atoms with Crippen LogP contribution in [-0.4, -0.2) is 27.0 Å². The molecule has 0 spiro atoms. The number of allylic oxidation sites excluding steroid dienone is 2. The summed E-state index contributed by atoms with van der Waals surface area (Å²) in [5, 5.41) is 11.9. The van der Waals surface area contributed by atoms with Crippen molar-refractivity contribution in [3.63, 3.8) is 0 Å². The minimum atomic E-state index is -0.911. The molecule has 1 fully saturated rings. The molecule has 6 heteroatoms. The van der Waals surface area contributed by atoms with E-state index in [1.165, 1.54) is 12.4 Å². The van der Waals surface area contributed by atoms with Crippen molar-refractivity contribution in [3.05, 3.63) is 30.6 Å². The summed E-state index contributed by atoms with van der Waals surface area (Å²) in [5.74, 6) is -2.20. The first-order valence-electron chi connectivity index (χ1n) is 6.16. The van der Waals surface area contributed by atoms with Gasteiger partial charge in [0.25, 0.3) is 0 Å².